The molecule has 1 aliphatic carbocycles. The Morgan fingerprint density at radius 3 is 2.79 bits per heavy atom. The van der Waals surface area contributed by atoms with Gasteiger partial charge in [-0.3, -0.25) is 0 Å². The number of nitrogens with zero attached hydrogens (tertiary/aromatic N) is 2. The van der Waals surface area contributed by atoms with Crippen molar-refractivity contribution in [2.24, 2.45) is 5.92 Å². The summed E-state index contributed by atoms with van der Waals surface area (Å²) in [5, 5.41) is 3.07. The van der Waals surface area contributed by atoms with Crippen LogP contribution >= 0.6 is 0 Å². The van der Waals surface area contributed by atoms with E-state index in [1.54, 1.807) is 12.5 Å². The Kier molecular flexibility index (Phi) is 4.50. The van der Waals surface area contributed by atoms with Gasteiger partial charge in [-0.25, -0.2) is 4.98 Å². The highest BCUT2D eigenvalue weighted by Crippen LogP contribution is 2.37. The zero-order valence-corrected chi connectivity index (χ0v) is 11.1. The van der Waals surface area contributed by atoms with Gasteiger partial charge in [0.15, 0.2) is 0 Å². The lowest BCUT2D eigenvalue weighted by Gasteiger charge is -2.33. The molecule has 0 bridgehead atoms. The minimum absolute atomic E-state index is 0.244. The van der Waals surface area contributed by atoms with E-state index in [9.17, 15) is 13.2 Å². The first-order valence-electron chi connectivity index (χ1n) is 6.81. The van der Waals surface area contributed by atoms with E-state index >= 15 is 0 Å². The highest BCUT2D eigenvalue weighted by atomic mass is 19.4. The summed E-state index contributed by atoms with van der Waals surface area (Å²) in [6.45, 7) is 3.22. The summed E-state index contributed by atoms with van der Waals surface area (Å²) in [4.78, 5) is 4.03. The summed E-state index contributed by atoms with van der Waals surface area (Å²) in [5.74, 6) is -1.21. The fraction of sp³-hybridized carbons (Fsp3) is 0.769. The first kappa shape index (κ1) is 14.4. The maximum Gasteiger partial charge on any atom is 0.393 e. The molecule has 1 fully saturated rings. The molecule has 2 rings (SSSR count). The molecular weight excluding hydrogens is 255 g/mol. The second-order valence-corrected chi connectivity index (χ2v) is 5.09. The van der Waals surface area contributed by atoms with Crippen LogP contribution in [0.3, 0.4) is 0 Å². The van der Waals surface area contributed by atoms with Crippen LogP contribution in [0.2, 0.25) is 0 Å². The molecule has 0 spiro atoms. The fourth-order valence-electron chi connectivity index (χ4n) is 2.78. The Balaban J connectivity index is 1.97. The Bertz CT molecular complexity index is 400. The van der Waals surface area contributed by atoms with Crippen molar-refractivity contribution in [3.8, 4) is 0 Å². The van der Waals surface area contributed by atoms with Gasteiger partial charge in [-0.2, -0.15) is 13.2 Å². The number of hydrogen-bond acceptors (Lipinski definition) is 2. The summed E-state index contributed by atoms with van der Waals surface area (Å²) in [6.07, 6.45) is 1.72. The van der Waals surface area contributed by atoms with E-state index in [-0.39, 0.29) is 6.42 Å². The molecule has 3 nitrogen and oxygen atoms in total. The van der Waals surface area contributed by atoms with Crippen molar-refractivity contribution in [1.29, 1.82) is 0 Å². The molecule has 1 saturated carbocycles. The average molecular weight is 275 g/mol. The molecule has 1 aromatic heterocycles. The minimum Gasteiger partial charge on any atom is -0.334 e. The molecule has 0 saturated heterocycles. The van der Waals surface area contributed by atoms with Gasteiger partial charge in [-0.1, -0.05) is 12.8 Å². The monoisotopic (exact) mass is 275 g/mol. The molecule has 0 radical (unpaired) electrons. The number of nitrogens with one attached hydrogen (secondary N) is 1. The molecule has 1 N–H and O–H groups in total. The smallest absolute Gasteiger partial charge is 0.334 e. The molecule has 2 unspecified atom stereocenters. The van der Waals surface area contributed by atoms with Gasteiger partial charge in [-0.05, 0) is 19.8 Å². The Hall–Kier alpha value is -1.04. The van der Waals surface area contributed by atoms with Gasteiger partial charge in [0.05, 0.1) is 17.9 Å². The summed E-state index contributed by atoms with van der Waals surface area (Å²) in [5.41, 5.74) is 0.939. The molecule has 19 heavy (non-hydrogen) atoms. The summed E-state index contributed by atoms with van der Waals surface area (Å²) in [7, 11) is 0. The summed E-state index contributed by atoms with van der Waals surface area (Å²) in [6, 6.07) is -0.464. The highest BCUT2D eigenvalue weighted by molar-refractivity contribution is 4.99. The number of aryl methyl sites for hydroxylation is 1. The normalized spacial score (nSPS) is 24.6. The Morgan fingerprint density at radius 2 is 2.11 bits per heavy atom. The fourth-order valence-corrected chi connectivity index (χ4v) is 2.78. The van der Waals surface area contributed by atoms with Crippen molar-refractivity contribution in [2.45, 2.75) is 57.9 Å². The lowest BCUT2D eigenvalue weighted by Crippen LogP contribution is -2.45. The van der Waals surface area contributed by atoms with Crippen molar-refractivity contribution in [1.82, 2.24) is 14.9 Å². The SMILES string of the molecule is CCn1cncc1CNC1CCCCC1C(F)(F)F. The number of imidazole rings is 1. The van der Waals surface area contributed by atoms with Crippen LogP contribution in [0.4, 0.5) is 13.2 Å². The molecule has 0 aliphatic heterocycles. The van der Waals surface area contributed by atoms with Crippen molar-refractivity contribution >= 4 is 0 Å². The topological polar surface area (TPSA) is 29.9 Å². The first-order chi connectivity index (χ1) is 9.02. The Morgan fingerprint density at radius 1 is 1.37 bits per heavy atom. The minimum atomic E-state index is -4.09. The van der Waals surface area contributed by atoms with E-state index in [2.05, 4.69) is 10.3 Å². The van der Waals surface area contributed by atoms with E-state index in [1.165, 1.54) is 0 Å². The van der Waals surface area contributed by atoms with Gasteiger partial charge in [0.25, 0.3) is 0 Å². The maximum atomic E-state index is 12.9. The van der Waals surface area contributed by atoms with Crippen LogP contribution in [0.25, 0.3) is 0 Å². The largest absolute Gasteiger partial charge is 0.393 e. The first-order valence-corrected chi connectivity index (χ1v) is 6.81. The third-order valence-corrected chi connectivity index (χ3v) is 3.87. The second kappa shape index (κ2) is 5.94. The molecule has 2 atom stereocenters. The highest BCUT2D eigenvalue weighted by Gasteiger charge is 2.45. The lowest BCUT2D eigenvalue weighted by atomic mass is 9.84. The second-order valence-electron chi connectivity index (χ2n) is 5.09. The van der Waals surface area contributed by atoms with Gasteiger partial charge >= 0.3 is 6.18 Å². The molecule has 1 aromatic rings. The molecule has 0 aromatic carbocycles. The summed E-state index contributed by atoms with van der Waals surface area (Å²) >= 11 is 0. The standard InChI is InChI=1S/C13H20F3N3/c1-2-19-9-17-7-10(19)8-18-12-6-4-3-5-11(12)13(14,15)16/h7,9,11-12,18H,2-6,8H2,1H3. The van der Waals surface area contributed by atoms with Crippen LogP contribution in [0.15, 0.2) is 12.5 Å². The van der Waals surface area contributed by atoms with Crippen molar-refractivity contribution in [3.63, 3.8) is 0 Å². The molecule has 1 heterocycles. The average Bonchev–Trinajstić information content (AvgIpc) is 2.83. The molecule has 1 aliphatic rings. The maximum absolute atomic E-state index is 12.9. The van der Waals surface area contributed by atoms with Gasteiger partial charge in [-0.15, -0.1) is 0 Å². The third-order valence-electron chi connectivity index (χ3n) is 3.87. The van der Waals surface area contributed by atoms with E-state index in [4.69, 9.17) is 0 Å². The van der Waals surface area contributed by atoms with Crippen LogP contribution in [-0.4, -0.2) is 21.8 Å². The van der Waals surface area contributed by atoms with Crippen LogP contribution in [0.5, 0.6) is 0 Å². The number of rotatable bonds is 4. The number of alkyl halides is 3. The molecule has 0 amide bonds. The molecule has 6 heteroatoms. The quantitative estimate of drug-likeness (QED) is 0.915. The lowest BCUT2D eigenvalue weighted by molar-refractivity contribution is -0.189. The van der Waals surface area contributed by atoms with Gasteiger partial charge in [0, 0.05) is 25.3 Å². The zero-order valence-electron chi connectivity index (χ0n) is 11.1. The number of halogens is 3. The van der Waals surface area contributed by atoms with Gasteiger partial charge < -0.3 is 9.88 Å². The van der Waals surface area contributed by atoms with Crippen molar-refractivity contribution < 1.29 is 13.2 Å². The predicted molar refractivity (Wildman–Crippen MR) is 66.5 cm³/mol. The molecule has 108 valence electrons. The van der Waals surface area contributed by atoms with E-state index in [0.29, 0.717) is 19.4 Å². The van der Waals surface area contributed by atoms with E-state index in [1.807, 2.05) is 11.5 Å². The van der Waals surface area contributed by atoms with Gasteiger partial charge in [0.1, 0.15) is 0 Å². The van der Waals surface area contributed by atoms with Gasteiger partial charge in [0.2, 0.25) is 0 Å². The van der Waals surface area contributed by atoms with Crippen molar-refractivity contribution in [2.75, 3.05) is 0 Å². The number of aromatic nitrogens is 2. The number of hydrogen-bond donors (Lipinski definition) is 1. The van der Waals surface area contributed by atoms with Crippen LogP contribution in [-0.2, 0) is 13.1 Å². The van der Waals surface area contributed by atoms with E-state index in [0.717, 1.165) is 18.7 Å². The predicted octanol–water partition coefficient (Wildman–Crippen LogP) is 3.11. The summed E-state index contributed by atoms with van der Waals surface area (Å²) < 4.78 is 40.8. The molecular formula is C13H20F3N3. The van der Waals surface area contributed by atoms with Crippen LogP contribution < -0.4 is 5.32 Å². The zero-order chi connectivity index (χ0) is 13.9. The Labute approximate surface area is 111 Å². The van der Waals surface area contributed by atoms with Crippen LogP contribution in [0, 0.1) is 5.92 Å². The van der Waals surface area contributed by atoms with Crippen LogP contribution in [0.1, 0.15) is 38.3 Å². The third kappa shape index (κ3) is 3.49. The van der Waals surface area contributed by atoms with E-state index < -0.39 is 18.1 Å². The van der Waals surface area contributed by atoms with Crippen molar-refractivity contribution in [3.05, 3.63) is 18.2 Å².